The molecule has 1 aromatic rings. The molecule has 1 heterocycles. The zero-order valence-electron chi connectivity index (χ0n) is 15.7. The van der Waals surface area contributed by atoms with E-state index in [2.05, 4.69) is 5.32 Å². The number of anilines is 1. The Labute approximate surface area is 170 Å². The van der Waals surface area contributed by atoms with Gasteiger partial charge in [0.1, 0.15) is 0 Å². The standard InChI is InChI=1S/C17H19F3N4O5S/c1-10(25)21-11-6-8-13(9-7-11)30(28,29)23-16(17(18,19)20)14(26)24(15(27)22-16)12-4-2-3-5-12/h6-9,12,23H,2-5H2,1H3,(H,21,25)(H,22,27)/t16-/m0/s1. The minimum atomic E-state index is -5.43. The smallest absolute Gasteiger partial charge is 0.326 e. The van der Waals surface area contributed by atoms with Gasteiger partial charge in [-0.2, -0.15) is 17.9 Å². The second-order valence-corrected chi connectivity index (χ2v) is 8.78. The molecular formula is C17H19F3N4O5S. The van der Waals surface area contributed by atoms with Crippen LogP contribution in [0.3, 0.4) is 0 Å². The number of sulfonamides is 1. The molecule has 1 saturated carbocycles. The van der Waals surface area contributed by atoms with Crippen molar-refractivity contribution in [2.24, 2.45) is 0 Å². The largest absolute Gasteiger partial charge is 0.435 e. The van der Waals surface area contributed by atoms with E-state index in [0.717, 1.165) is 12.1 Å². The number of benzene rings is 1. The number of imide groups is 1. The Hall–Kier alpha value is -2.67. The van der Waals surface area contributed by atoms with Crippen LogP contribution in [0.2, 0.25) is 0 Å². The first kappa shape index (κ1) is 22.0. The van der Waals surface area contributed by atoms with E-state index >= 15 is 0 Å². The summed E-state index contributed by atoms with van der Waals surface area (Å²) in [4.78, 5) is 35.8. The molecule has 2 fully saturated rings. The van der Waals surface area contributed by atoms with Crippen molar-refractivity contribution in [1.82, 2.24) is 14.9 Å². The number of hydrogen-bond acceptors (Lipinski definition) is 5. The van der Waals surface area contributed by atoms with Crippen LogP contribution in [0.25, 0.3) is 0 Å². The first-order chi connectivity index (χ1) is 13.9. The van der Waals surface area contributed by atoms with Gasteiger partial charge in [0.05, 0.1) is 4.90 Å². The molecule has 164 valence electrons. The van der Waals surface area contributed by atoms with Crippen molar-refractivity contribution >= 4 is 33.6 Å². The highest BCUT2D eigenvalue weighted by Gasteiger charge is 2.70. The molecule has 2 aliphatic rings. The van der Waals surface area contributed by atoms with Gasteiger partial charge in [-0.1, -0.05) is 12.8 Å². The van der Waals surface area contributed by atoms with Crippen LogP contribution in [-0.4, -0.2) is 49.0 Å². The fourth-order valence-corrected chi connectivity index (χ4v) is 4.81. The Morgan fingerprint density at radius 3 is 2.23 bits per heavy atom. The molecule has 3 rings (SSSR count). The lowest BCUT2D eigenvalue weighted by atomic mass is 10.1. The van der Waals surface area contributed by atoms with Crippen molar-refractivity contribution in [2.45, 2.75) is 55.4 Å². The number of halogens is 3. The molecule has 0 bridgehead atoms. The van der Waals surface area contributed by atoms with Gasteiger partial charge in [-0.15, -0.1) is 0 Å². The zero-order chi connectivity index (χ0) is 22.3. The number of nitrogens with zero attached hydrogens (tertiary/aromatic N) is 1. The van der Waals surface area contributed by atoms with Gasteiger partial charge in [-0.25, -0.2) is 13.2 Å². The molecule has 9 nitrogen and oxygen atoms in total. The van der Waals surface area contributed by atoms with Crippen molar-refractivity contribution in [3.05, 3.63) is 24.3 Å². The number of urea groups is 1. The first-order valence-corrected chi connectivity index (χ1v) is 10.5. The van der Waals surface area contributed by atoms with Crippen molar-refractivity contribution in [3.63, 3.8) is 0 Å². The molecule has 13 heteroatoms. The summed E-state index contributed by atoms with van der Waals surface area (Å²) in [7, 11) is -4.88. The maximum Gasteiger partial charge on any atom is 0.435 e. The molecule has 30 heavy (non-hydrogen) atoms. The maximum atomic E-state index is 13.9. The van der Waals surface area contributed by atoms with E-state index in [1.165, 1.54) is 29.1 Å². The van der Waals surface area contributed by atoms with Crippen molar-refractivity contribution in [1.29, 1.82) is 0 Å². The summed E-state index contributed by atoms with van der Waals surface area (Å²) < 4.78 is 68.4. The third kappa shape index (κ3) is 3.86. The Balaban J connectivity index is 1.94. The average molecular weight is 448 g/mol. The van der Waals surface area contributed by atoms with Crippen LogP contribution in [-0.2, 0) is 19.6 Å². The van der Waals surface area contributed by atoms with E-state index in [-0.39, 0.29) is 5.69 Å². The van der Waals surface area contributed by atoms with Crippen LogP contribution in [0.15, 0.2) is 29.2 Å². The van der Waals surface area contributed by atoms with Crippen LogP contribution >= 0.6 is 0 Å². The van der Waals surface area contributed by atoms with Gasteiger partial charge in [0.15, 0.2) is 0 Å². The van der Waals surface area contributed by atoms with E-state index in [1.807, 2.05) is 0 Å². The van der Waals surface area contributed by atoms with Crippen LogP contribution in [0.5, 0.6) is 0 Å². The van der Waals surface area contributed by atoms with Gasteiger partial charge in [0.25, 0.3) is 11.6 Å². The van der Waals surface area contributed by atoms with E-state index in [4.69, 9.17) is 0 Å². The number of hydrogen-bond donors (Lipinski definition) is 3. The summed E-state index contributed by atoms with van der Waals surface area (Å²) in [5.41, 5.74) is -3.58. The minimum Gasteiger partial charge on any atom is -0.326 e. The van der Waals surface area contributed by atoms with Gasteiger partial charge in [0, 0.05) is 18.7 Å². The number of carbonyl (C=O) groups is 3. The number of alkyl halides is 3. The first-order valence-electron chi connectivity index (χ1n) is 9.01. The van der Waals surface area contributed by atoms with E-state index in [0.29, 0.717) is 30.6 Å². The summed E-state index contributed by atoms with van der Waals surface area (Å²) in [5.74, 6) is -2.13. The number of amides is 4. The Bertz CT molecular complexity index is 974. The highest BCUT2D eigenvalue weighted by atomic mass is 32.2. The summed E-state index contributed by atoms with van der Waals surface area (Å²) >= 11 is 0. The molecule has 0 spiro atoms. The summed E-state index contributed by atoms with van der Waals surface area (Å²) in [6.45, 7) is 1.23. The van der Waals surface area contributed by atoms with E-state index in [9.17, 15) is 36.0 Å². The maximum absolute atomic E-state index is 13.9. The number of nitrogens with one attached hydrogen (secondary N) is 3. The highest BCUT2D eigenvalue weighted by Crippen LogP contribution is 2.38. The summed E-state index contributed by atoms with van der Waals surface area (Å²) in [5, 5.41) is 3.90. The zero-order valence-corrected chi connectivity index (χ0v) is 16.6. The third-order valence-electron chi connectivity index (χ3n) is 4.94. The third-order valence-corrected chi connectivity index (χ3v) is 6.41. The fraction of sp³-hybridized carbons (Fsp3) is 0.471. The molecule has 0 radical (unpaired) electrons. The Kier molecular flexibility index (Phi) is 5.54. The van der Waals surface area contributed by atoms with Crippen LogP contribution in [0.4, 0.5) is 23.7 Å². The second kappa shape index (κ2) is 7.54. The molecular weight excluding hydrogens is 429 g/mol. The molecule has 1 aliphatic carbocycles. The van der Waals surface area contributed by atoms with E-state index < -0.39 is 50.6 Å². The molecule has 3 N–H and O–H groups in total. The lowest BCUT2D eigenvalue weighted by Gasteiger charge is -2.30. The molecule has 1 saturated heterocycles. The molecule has 0 unspecified atom stereocenters. The molecule has 1 aromatic carbocycles. The van der Waals surface area contributed by atoms with E-state index in [1.54, 1.807) is 0 Å². The fourth-order valence-electron chi connectivity index (χ4n) is 3.54. The monoisotopic (exact) mass is 448 g/mol. The highest BCUT2D eigenvalue weighted by molar-refractivity contribution is 7.89. The van der Waals surface area contributed by atoms with Crippen LogP contribution < -0.4 is 15.4 Å². The molecule has 4 amide bonds. The van der Waals surface area contributed by atoms with Crippen LogP contribution in [0.1, 0.15) is 32.6 Å². The van der Waals surface area contributed by atoms with Crippen LogP contribution in [0, 0.1) is 0 Å². The lowest BCUT2D eigenvalue weighted by molar-refractivity contribution is -0.198. The predicted molar refractivity (Wildman–Crippen MR) is 97.5 cm³/mol. The van der Waals surface area contributed by atoms with Crippen molar-refractivity contribution < 1.29 is 36.0 Å². The van der Waals surface area contributed by atoms with Gasteiger partial charge in [-0.3, -0.25) is 14.5 Å². The number of carbonyl (C=O) groups excluding carboxylic acids is 3. The second-order valence-electron chi connectivity index (χ2n) is 7.10. The van der Waals surface area contributed by atoms with Crippen molar-refractivity contribution in [3.8, 4) is 0 Å². The van der Waals surface area contributed by atoms with Gasteiger partial charge < -0.3 is 10.6 Å². The quantitative estimate of drug-likeness (QED) is 0.591. The predicted octanol–water partition coefficient (Wildman–Crippen LogP) is 1.68. The number of rotatable bonds is 5. The van der Waals surface area contributed by atoms with Gasteiger partial charge in [-0.05, 0) is 37.1 Å². The summed E-state index contributed by atoms with van der Waals surface area (Å²) in [6.07, 6.45) is -3.44. The minimum absolute atomic E-state index is 0.227. The normalized spacial score (nSPS) is 23.0. The van der Waals surface area contributed by atoms with Gasteiger partial charge >= 0.3 is 12.2 Å². The molecule has 1 atom stereocenters. The average Bonchev–Trinajstić information content (AvgIpc) is 3.21. The molecule has 0 aromatic heterocycles. The lowest BCUT2D eigenvalue weighted by Crippen LogP contribution is -2.69. The van der Waals surface area contributed by atoms with Crippen molar-refractivity contribution in [2.75, 3.05) is 5.32 Å². The SMILES string of the molecule is CC(=O)Nc1ccc(S(=O)(=O)N[C@@]2(C(F)(F)F)NC(=O)N(C3CCCC3)C2=O)cc1. The van der Waals surface area contributed by atoms with Gasteiger partial charge in [0.2, 0.25) is 15.9 Å². The molecule has 1 aliphatic heterocycles. The Morgan fingerprint density at radius 1 is 1.17 bits per heavy atom. The Morgan fingerprint density at radius 2 is 1.73 bits per heavy atom. The summed E-state index contributed by atoms with van der Waals surface area (Å²) in [6, 6.07) is 2.27. The topological polar surface area (TPSA) is 125 Å².